The minimum atomic E-state index is -0.736. The van der Waals surface area contributed by atoms with E-state index < -0.39 is 11.9 Å². The van der Waals surface area contributed by atoms with Crippen LogP contribution in [0.4, 0.5) is 0 Å². The molecule has 22 heavy (non-hydrogen) atoms. The van der Waals surface area contributed by atoms with Crippen molar-refractivity contribution in [2.45, 2.75) is 38.9 Å². The number of hydrogen-bond acceptors (Lipinski definition) is 4. The van der Waals surface area contributed by atoms with Gasteiger partial charge in [-0.1, -0.05) is 24.3 Å². The van der Waals surface area contributed by atoms with Crippen LogP contribution in [0, 0.1) is 0 Å². The molecule has 1 rings (SSSR count). The van der Waals surface area contributed by atoms with Crippen LogP contribution in [0.2, 0.25) is 0 Å². The number of aliphatic imine (C=N–C) groups is 1. The molecule has 0 aromatic heterocycles. The Hall–Kier alpha value is -2.41. The quantitative estimate of drug-likeness (QED) is 0.389. The molecule has 0 unspecified atom stereocenters. The molecule has 120 valence electrons. The highest BCUT2D eigenvalue weighted by atomic mass is 16.2. The van der Waals surface area contributed by atoms with Crippen molar-refractivity contribution in [1.29, 1.82) is 0 Å². The summed E-state index contributed by atoms with van der Waals surface area (Å²) >= 11 is 0. The molecule has 0 aliphatic heterocycles. The average molecular weight is 305 g/mol. The van der Waals surface area contributed by atoms with Crippen molar-refractivity contribution in [3.8, 4) is 0 Å². The zero-order chi connectivity index (χ0) is 16.5. The van der Waals surface area contributed by atoms with E-state index in [1.165, 1.54) is 0 Å². The van der Waals surface area contributed by atoms with Crippen molar-refractivity contribution in [2.24, 2.45) is 22.2 Å². The Morgan fingerprint density at radius 2 is 1.95 bits per heavy atom. The summed E-state index contributed by atoms with van der Waals surface area (Å²) in [5, 5.41) is 2.74. The fraction of sp³-hybridized carbons (Fsp3) is 0.400. The van der Waals surface area contributed by atoms with Gasteiger partial charge in [0.1, 0.15) is 0 Å². The van der Waals surface area contributed by atoms with E-state index in [0.717, 1.165) is 11.1 Å². The second-order valence-electron chi connectivity index (χ2n) is 5.11. The number of benzene rings is 1. The minimum absolute atomic E-state index is 0.0977. The van der Waals surface area contributed by atoms with Gasteiger partial charge in [0.2, 0.25) is 11.8 Å². The third kappa shape index (κ3) is 6.85. The number of primary amides is 1. The van der Waals surface area contributed by atoms with Crippen LogP contribution in [-0.2, 0) is 22.7 Å². The van der Waals surface area contributed by atoms with Crippen LogP contribution < -0.4 is 22.5 Å². The maximum Gasteiger partial charge on any atom is 0.237 e. The second-order valence-corrected chi connectivity index (χ2v) is 5.11. The van der Waals surface area contributed by atoms with E-state index >= 15 is 0 Å². The van der Waals surface area contributed by atoms with Gasteiger partial charge in [-0.15, -0.1) is 0 Å². The summed E-state index contributed by atoms with van der Waals surface area (Å²) in [6.07, 6.45) is 0.339. The summed E-state index contributed by atoms with van der Waals surface area (Å²) in [5.41, 5.74) is 18.2. The van der Waals surface area contributed by atoms with Crippen molar-refractivity contribution >= 4 is 17.6 Å². The lowest BCUT2D eigenvalue weighted by molar-refractivity contribution is -0.123. The molecular weight excluding hydrogens is 282 g/mol. The summed E-state index contributed by atoms with van der Waals surface area (Å²) in [5.74, 6) is -0.242. The summed E-state index contributed by atoms with van der Waals surface area (Å²) in [7, 11) is 0. The van der Waals surface area contributed by atoms with Crippen LogP contribution >= 0.6 is 0 Å². The van der Waals surface area contributed by atoms with Gasteiger partial charge in [-0.25, -0.2) is 0 Å². The van der Waals surface area contributed by atoms with Crippen molar-refractivity contribution < 1.29 is 9.59 Å². The summed E-state index contributed by atoms with van der Waals surface area (Å²) < 4.78 is 0. The van der Waals surface area contributed by atoms with Crippen LogP contribution in [0.3, 0.4) is 0 Å². The topological polar surface area (TPSA) is 137 Å². The Balaban J connectivity index is 2.50. The molecule has 0 saturated carbocycles. The van der Waals surface area contributed by atoms with Gasteiger partial charge in [0, 0.05) is 13.0 Å². The molecular formula is C15H23N5O2. The van der Waals surface area contributed by atoms with E-state index in [0.29, 0.717) is 18.9 Å². The van der Waals surface area contributed by atoms with Crippen LogP contribution in [-0.4, -0.2) is 23.7 Å². The van der Waals surface area contributed by atoms with Gasteiger partial charge in [-0.2, -0.15) is 0 Å². The van der Waals surface area contributed by atoms with E-state index in [1.807, 2.05) is 24.3 Å². The maximum absolute atomic E-state index is 11.8. The van der Waals surface area contributed by atoms with E-state index in [2.05, 4.69) is 10.3 Å². The third-order valence-corrected chi connectivity index (χ3v) is 3.01. The van der Waals surface area contributed by atoms with Crippen molar-refractivity contribution in [3.63, 3.8) is 0 Å². The normalized spacial score (nSPS) is 12.7. The molecule has 1 aromatic carbocycles. The number of nitrogens with two attached hydrogens (primary N) is 3. The number of rotatable bonds is 8. The Labute approximate surface area is 130 Å². The first-order valence-electron chi connectivity index (χ1n) is 7.04. The zero-order valence-electron chi connectivity index (χ0n) is 12.7. The molecule has 0 saturated heterocycles. The van der Waals surface area contributed by atoms with Gasteiger partial charge in [0.25, 0.3) is 0 Å². The standard InChI is InChI=1S/C15H23N5O2/c1-10(16)19-8-11-3-2-4-12(7-11)9-20-15(22)13(17)5-6-14(18)21/h2-4,7,13H,5-6,8-9,17H2,1H3,(H2,16,19)(H2,18,21)(H,20,22)/t13-/m0/s1. The van der Waals surface area contributed by atoms with Gasteiger partial charge in [-0.05, 0) is 24.5 Å². The van der Waals surface area contributed by atoms with Crippen LogP contribution in [0.5, 0.6) is 0 Å². The molecule has 0 spiro atoms. The van der Waals surface area contributed by atoms with Crippen LogP contribution in [0.15, 0.2) is 29.3 Å². The lowest BCUT2D eigenvalue weighted by atomic mass is 10.1. The number of carbonyl (C=O) groups is 2. The molecule has 0 bridgehead atoms. The lowest BCUT2D eigenvalue weighted by Crippen LogP contribution is -2.40. The van der Waals surface area contributed by atoms with Crippen LogP contribution in [0.1, 0.15) is 30.9 Å². The first-order valence-corrected chi connectivity index (χ1v) is 7.04. The molecule has 1 atom stereocenters. The zero-order valence-corrected chi connectivity index (χ0v) is 12.7. The first-order chi connectivity index (χ1) is 10.4. The van der Waals surface area contributed by atoms with Gasteiger partial charge in [0.15, 0.2) is 0 Å². The fourth-order valence-corrected chi connectivity index (χ4v) is 1.80. The monoisotopic (exact) mass is 305 g/mol. The van der Waals surface area contributed by atoms with Crippen molar-refractivity contribution in [1.82, 2.24) is 5.32 Å². The SMILES string of the molecule is CC(N)=NCc1cccc(CNC(=O)[C@@H](N)CCC(N)=O)c1. The van der Waals surface area contributed by atoms with E-state index in [9.17, 15) is 9.59 Å². The van der Waals surface area contributed by atoms with Crippen LogP contribution in [0.25, 0.3) is 0 Å². The smallest absolute Gasteiger partial charge is 0.237 e. The molecule has 0 radical (unpaired) electrons. The molecule has 7 heteroatoms. The van der Waals surface area contributed by atoms with Gasteiger partial charge >= 0.3 is 0 Å². The van der Waals surface area contributed by atoms with E-state index in [-0.39, 0.29) is 18.7 Å². The molecule has 7 nitrogen and oxygen atoms in total. The first kappa shape index (κ1) is 17.6. The van der Waals surface area contributed by atoms with Crippen molar-refractivity contribution in [2.75, 3.05) is 0 Å². The predicted octanol–water partition coefficient (Wildman–Crippen LogP) is -0.227. The van der Waals surface area contributed by atoms with Gasteiger partial charge < -0.3 is 22.5 Å². The number of amidine groups is 1. The molecule has 0 fully saturated rings. The highest BCUT2D eigenvalue weighted by Gasteiger charge is 2.13. The number of carbonyl (C=O) groups excluding carboxylic acids is 2. The highest BCUT2D eigenvalue weighted by molar-refractivity contribution is 5.82. The largest absolute Gasteiger partial charge is 0.388 e. The lowest BCUT2D eigenvalue weighted by Gasteiger charge is -2.12. The Morgan fingerprint density at radius 1 is 1.27 bits per heavy atom. The molecule has 2 amide bonds. The number of amides is 2. The maximum atomic E-state index is 11.8. The average Bonchev–Trinajstić information content (AvgIpc) is 2.48. The number of nitrogens with zero attached hydrogens (tertiary/aromatic N) is 1. The predicted molar refractivity (Wildman–Crippen MR) is 85.7 cm³/mol. The third-order valence-electron chi connectivity index (χ3n) is 3.01. The Kier molecular flexibility index (Phi) is 7.04. The molecule has 1 aromatic rings. The number of hydrogen-bond donors (Lipinski definition) is 4. The highest BCUT2D eigenvalue weighted by Crippen LogP contribution is 2.07. The second kappa shape index (κ2) is 8.78. The van der Waals surface area contributed by atoms with E-state index in [1.54, 1.807) is 6.92 Å². The summed E-state index contributed by atoms with van der Waals surface area (Å²) in [6.45, 7) is 2.60. The van der Waals surface area contributed by atoms with E-state index in [4.69, 9.17) is 17.2 Å². The molecule has 0 aliphatic carbocycles. The molecule has 0 aliphatic rings. The molecule has 0 heterocycles. The summed E-state index contributed by atoms with van der Waals surface area (Å²) in [6, 6.07) is 6.95. The number of nitrogens with one attached hydrogen (secondary N) is 1. The van der Waals surface area contributed by atoms with Gasteiger partial charge in [-0.3, -0.25) is 14.6 Å². The summed E-state index contributed by atoms with van der Waals surface area (Å²) in [4.78, 5) is 26.6. The minimum Gasteiger partial charge on any atom is -0.388 e. The molecule has 7 N–H and O–H groups in total. The van der Waals surface area contributed by atoms with Gasteiger partial charge in [0.05, 0.1) is 18.4 Å². The Morgan fingerprint density at radius 3 is 2.59 bits per heavy atom. The Bertz CT molecular complexity index is 553. The van der Waals surface area contributed by atoms with Crippen molar-refractivity contribution in [3.05, 3.63) is 35.4 Å². The fourth-order valence-electron chi connectivity index (χ4n) is 1.80.